The topological polar surface area (TPSA) is 105 Å². The minimum absolute atomic E-state index is 0.104. The molecule has 16 heavy (non-hydrogen) atoms. The summed E-state index contributed by atoms with van der Waals surface area (Å²) in [5, 5.41) is 13.7. The molecule has 1 atom stereocenters. The lowest BCUT2D eigenvalue weighted by molar-refractivity contribution is -0.139. The SMILES string of the molecule is COC(=O)CNC1=CC(=O)N[C@H]1CC(=O)O. The summed E-state index contributed by atoms with van der Waals surface area (Å²) in [6, 6.07) is -0.616. The Balaban J connectivity index is 2.54. The minimum atomic E-state index is -1.03. The number of carboxylic acid groups (broad SMARTS) is 1. The number of aliphatic carboxylic acids is 1. The molecule has 1 aliphatic heterocycles. The Morgan fingerprint density at radius 1 is 1.62 bits per heavy atom. The van der Waals surface area contributed by atoms with Crippen molar-refractivity contribution in [3.63, 3.8) is 0 Å². The molecule has 1 rings (SSSR count). The largest absolute Gasteiger partial charge is 0.481 e. The van der Waals surface area contributed by atoms with Crippen LogP contribution in [0.2, 0.25) is 0 Å². The normalized spacial score (nSPS) is 18.7. The Bertz CT molecular complexity index is 350. The number of rotatable bonds is 5. The van der Waals surface area contributed by atoms with Gasteiger partial charge >= 0.3 is 11.9 Å². The smallest absolute Gasteiger partial charge is 0.325 e. The van der Waals surface area contributed by atoms with E-state index in [1.807, 2.05) is 0 Å². The molecule has 0 aromatic heterocycles. The summed E-state index contributed by atoms with van der Waals surface area (Å²) in [5.74, 6) is -1.90. The van der Waals surface area contributed by atoms with E-state index in [-0.39, 0.29) is 18.9 Å². The quantitative estimate of drug-likeness (QED) is 0.500. The van der Waals surface area contributed by atoms with E-state index in [4.69, 9.17) is 5.11 Å². The van der Waals surface area contributed by atoms with Gasteiger partial charge in [-0.2, -0.15) is 0 Å². The monoisotopic (exact) mass is 228 g/mol. The fraction of sp³-hybridized carbons (Fsp3) is 0.444. The van der Waals surface area contributed by atoms with Gasteiger partial charge in [0.2, 0.25) is 5.91 Å². The molecule has 0 aromatic carbocycles. The highest BCUT2D eigenvalue weighted by Gasteiger charge is 2.26. The van der Waals surface area contributed by atoms with Crippen LogP contribution >= 0.6 is 0 Å². The molecule has 7 nitrogen and oxygen atoms in total. The predicted octanol–water partition coefficient (Wildman–Crippen LogP) is -1.39. The molecule has 0 unspecified atom stereocenters. The fourth-order valence-electron chi connectivity index (χ4n) is 1.29. The van der Waals surface area contributed by atoms with Crippen LogP contribution in [-0.2, 0) is 19.1 Å². The molecule has 88 valence electrons. The van der Waals surface area contributed by atoms with Crippen molar-refractivity contribution in [1.82, 2.24) is 10.6 Å². The third-order valence-electron chi connectivity index (χ3n) is 2.02. The van der Waals surface area contributed by atoms with Gasteiger partial charge in [-0.3, -0.25) is 14.4 Å². The Hall–Kier alpha value is -2.05. The fourth-order valence-corrected chi connectivity index (χ4v) is 1.29. The predicted molar refractivity (Wildman–Crippen MR) is 52.3 cm³/mol. The lowest BCUT2D eigenvalue weighted by atomic mass is 10.2. The summed E-state index contributed by atoms with van der Waals surface area (Å²) in [6.07, 6.45) is 1.00. The first-order valence-corrected chi connectivity index (χ1v) is 4.57. The van der Waals surface area contributed by atoms with Crippen LogP contribution in [0.4, 0.5) is 0 Å². The zero-order valence-electron chi connectivity index (χ0n) is 8.65. The van der Waals surface area contributed by atoms with E-state index < -0.39 is 18.0 Å². The lowest BCUT2D eigenvalue weighted by Gasteiger charge is -2.14. The molecule has 3 N–H and O–H groups in total. The van der Waals surface area contributed by atoms with Gasteiger partial charge in [0.15, 0.2) is 0 Å². The maximum absolute atomic E-state index is 11.0. The van der Waals surface area contributed by atoms with Crippen molar-refractivity contribution < 1.29 is 24.2 Å². The number of nitrogens with one attached hydrogen (secondary N) is 2. The van der Waals surface area contributed by atoms with Crippen molar-refractivity contribution in [3.05, 3.63) is 11.8 Å². The lowest BCUT2D eigenvalue weighted by Crippen LogP contribution is -2.36. The van der Waals surface area contributed by atoms with E-state index in [1.54, 1.807) is 0 Å². The van der Waals surface area contributed by atoms with Crippen molar-refractivity contribution in [1.29, 1.82) is 0 Å². The second kappa shape index (κ2) is 5.15. The molecule has 0 aromatic rings. The van der Waals surface area contributed by atoms with Crippen LogP contribution in [0.25, 0.3) is 0 Å². The van der Waals surface area contributed by atoms with Crippen LogP contribution in [0.15, 0.2) is 11.8 Å². The minimum Gasteiger partial charge on any atom is -0.481 e. The van der Waals surface area contributed by atoms with Gasteiger partial charge < -0.3 is 20.5 Å². The zero-order valence-corrected chi connectivity index (χ0v) is 8.65. The second-order valence-electron chi connectivity index (χ2n) is 3.19. The van der Waals surface area contributed by atoms with Gasteiger partial charge in [0.05, 0.1) is 19.6 Å². The summed E-state index contributed by atoms with van der Waals surface area (Å²) >= 11 is 0. The Labute approximate surface area is 91.5 Å². The van der Waals surface area contributed by atoms with Crippen molar-refractivity contribution in [2.24, 2.45) is 0 Å². The molecular weight excluding hydrogens is 216 g/mol. The van der Waals surface area contributed by atoms with Gasteiger partial charge in [-0.25, -0.2) is 0 Å². The molecule has 0 radical (unpaired) electrons. The first kappa shape index (κ1) is 12.0. The van der Waals surface area contributed by atoms with Gasteiger partial charge in [0, 0.05) is 11.8 Å². The molecule has 7 heteroatoms. The molecule has 1 heterocycles. The summed E-state index contributed by atoms with van der Waals surface area (Å²) in [6.45, 7) is -0.104. The highest BCUT2D eigenvalue weighted by atomic mass is 16.5. The summed E-state index contributed by atoms with van der Waals surface area (Å²) in [7, 11) is 1.24. The summed E-state index contributed by atoms with van der Waals surface area (Å²) in [5.41, 5.74) is 0.387. The molecule has 1 aliphatic rings. The molecule has 0 spiro atoms. The standard InChI is InChI=1S/C9H12N2O5/c1-16-9(15)4-10-5-2-7(12)11-6(5)3-8(13)14/h2,6,10H,3-4H2,1H3,(H,11,12)(H,13,14)/t6-/m0/s1. The maximum atomic E-state index is 11.0. The van der Waals surface area contributed by atoms with Crippen LogP contribution in [-0.4, -0.2) is 42.6 Å². The molecule has 0 saturated carbocycles. The first-order chi connectivity index (χ1) is 7.52. The number of carboxylic acids is 1. The van der Waals surface area contributed by atoms with E-state index in [2.05, 4.69) is 15.4 Å². The van der Waals surface area contributed by atoms with E-state index in [9.17, 15) is 14.4 Å². The van der Waals surface area contributed by atoms with Gasteiger partial charge in [-0.05, 0) is 0 Å². The van der Waals surface area contributed by atoms with Crippen molar-refractivity contribution >= 4 is 17.8 Å². The van der Waals surface area contributed by atoms with Crippen molar-refractivity contribution in [2.75, 3.05) is 13.7 Å². The van der Waals surface area contributed by atoms with E-state index in [0.717, 1.165) is 0 Å². The molecule has 0 bridgehead atoms. The van der Waals surface area contributed by atoms with E-state index in [1.165, 1.54) is 13.2 Å². The van der Waals surface area contributed by atoms with Crippen LogP contribution < -0.4 is 10.6 Å². The van der Waals surface area contributed by atoms with Crippen LogP contribution in [0, 0.1) is 0 Å². The number of hydrogen-bond donors (Lipinski definition) is 3. The average molecular weight is 228 g/mol. The highest BCUT2D eigenvalue weighted by Crippen LogP contribution is 2.09. The van der Waals surface area contributed by atoms with Gasteiger partial charge in [-0.15, -0.1) is 0 Å². The molecule has 0 saturated heterocycles. The van der Waals surface area contributed by atoms with Crippen LogP contribution in [0.1, 0.15) is 6.42 Å². The number of carbonyl (C=O) groups is 3. The van der Waals surface area contributed by atoms with Gasteiger partial charge in [0.25, 0.3) is 0 Å². The third kappa shape index (κ3) is 3.26. The van der Waals surface area contributed by atoms with Gasteiger partial charge in [-0.1, -0.05) is 0 Å². The molecule has 1 amide bonds. The number of esters is 1. The first-order valence-electron chi connectivity index (χ1n) is 4.57. The number of amides is 1. The second-order valence-corrected chi connectivity index (χ2v) is 3.19. The number of hydrogen-bond acceptors (Lipinski definition) is 5. The summed E-state index contributed by atoms with van der Waals surface area (Å²) in [4.78, 5) is 32.4. The Morgan fingerprint density at radius 3 is 2.88 bits per heavy atom. The van der Waals surface area contributed by atoms with Gasteiger partial charge in [0.1, 0.15) is 6.54 Å². The molecular formula is C9H12N2O5. The Kier molecular flexibility index (Phi) is 3.87. The zero-order chi connectivity index (χ0) is 12.1. The van der Waals surface area contributed by atoms with E-state index >= 15 is 0 Å². The highest BCUT2D eigenvalue weighted by molar-refractivity contribution is 5.92. The summed E-state index contributed by atoms with van der Waals surface area (Å²) < 4.78 is 4.40. The molecule has 0 aliphatic carbocycles. The van der Waals surface area contributed by atoms with Crippen LogP contribution in [0.5, 0.6) is 0 Å². The number of ether oxygens (including phenoxy) is 1. The Morgan fingerprint density at radius 2 is 2.31 bits per heavy atom. The number of carbonyl (C=O) groups excluding carboxylic acids is 2. The molecule has 0 fully saturated rings. The average Bonchev–Trinajstić information content (AvgIpc) is 2.54. The maximum Gasteiger partial charge on any atom is 0.325 e. The van der Waals surface area contributed by atoms with Crippen LogP contribution in [0.3, 0.4) is 0 Å². The third-order valence-corrected chi connectivity index (χ3v) is 2.02. The number of methoxy groups -OCH3 is 1. The van der Waals surface area contributed by atoms with Crippen molar-refractivity contribution in [3.8, 4) is 0 Å². The van der Waals surface area contributed by atoms with Crippen molar-refractivity contribution in [2.45, 2.75) is 12.5 Å². The van der Waals surface area contributed by atoms with E-state index in [0.29, 0.717) is 5.70 Å².